The molecule has 2 saturated heterocycles. The van der Waals surface area contributed by atoms with Crippen molar-refractivity contribution in [3.63, 3.8) is 0 Å². The number of nitrogens with two attached hydrogens (primary N) is 1. The smallest absolute Gasteiger partial charge is 0.294 e. The maximum absolute atomic E-state index is 12.6. The highest BCUT2D eigenvalue weighted by molar-refractivity contribution is 8.18. The van der Waals surface area contributed by atoms with E-state index in [1.807, 2.05) is 0 Å². The third-order valence-corrected chi connectivity index (χ3v) is 5.77. The molecule has 0 radical (unpaired) electrons. The molecule has 154 valence electrons. The molecule has 2 N–H and O–H groups in total. The maximum atomic E-state index is 12.6. The molecule has 2 heterocycles. The second kappa shape index (κ2) is 9.13. The van der Waals surface area contributed by atoms with Crippen LogP contribution < -0.4 is 10.5 Å². The highest BCUT2D eigenvalue weighted by Crippen LogP contribution is 2.32. The number of benzene rings is 1. The second-order valence-corrected chi connectivity index (χ2v) is 8.15. The summed E-state index contributed by atoms with van der Waals surface area (Å²) in [5, 5.41) is -0.443. The molecule has 0 atom stereocenters. The molecule has 0 aromatic heterocycles. The zero-order chi connectivity index (χ0) is 21.0. The van der Waals surface area contributed by atoms with Crippen LogP contribution in [0, 0.1) is 5.92 Å². The van der Waals surface area contributed by atoms with Crippen molar-refractivity contribution >= 4 is 40.8 Å². The molecule has 2 aliphatic heterocycles. The summed E-state index contributed by atoms with van der Waals surface area (Å²) in [4.78, 5) is 51.1. The zero-order valence-corrected chi connectivity index (χ0v) is 16.9. The highest BCUT2D eigenvalue weighted by Gasteiger charge is 2.37. The number of likely N-dealkylation sites (tertiary alicyclic amines) is 1. The molecule has 29 heavy (non-hydrogen) atoms. The summed E-state index contributed by atoms with van der Waals surface area (Å²) < 4.78 is 5.18. The van der Waals surface area contributed by atoms with Gasteiger partial charge in [-0.2, -0.15) is 0 Å². The van der Waals surface area contributed by atoms with Crippen molar-refractivity contribution in [2.75, 3.05) is 26.2 Å². The molecule has 0 saturated carbocycles. The van der Waals surface area contributed by atoms with Gasteiger partial charge in [0, 0.05) is 13.1 Å². The lowest BCUT2D eigenvalue weighted by Gasteiger charge is -2.31. The molecule has 0 spiro atoms. The Morgan fingerprint density at radius 3 is 2.48 bits per heavy atom. The van der Waals surface area contributed by atoms with E-state index in [4.69, 9.17) is 10.5 Å². The van der Waals surface area contributed by atoms with Crippen LogP contribution in [0.2, 0.25) is 0 Å². The van der Waals surface area contributed by atoms with E-state index in [9.17, 15) is 19.2 Å². The minimum absolute atomic E-state index is 0.198. The first-order chi connectivity index (χ1) is 13.8. The first-order valence-corrected chi connectivity index (χ1v) is 10.2. The van der Waals surface area contributed by atoms with E-state index >= 15 is 0 Å². The lowest BCUT2D eigenvalue weighted by atomic mass is 9.99. The number of thioether (sulfide) groups is 1. The van der Waals surface area contributed by atoms with E-state index in [1.165, 1.54) is 0 Å². The van der Waals surface area contributed by atoms with Gasteiger partial charge in [-0.1, -0.05) is 19.1 Å². The van der Waals surface area contributed by atoms with Crippen molar-refractivity contribution in [1.29, 1.82) is 0 Å². The predicted octanol–water partition coefficient (Wildman–Crippen LogP) is 1.85. The van der Waals surface area contributed by atoms with Gasteiger partial charge in [0.25, 0.3) is 17.1 Å². The van der Waals surface area contributed by atoms with E-state index < -0.39 is 17.1 Å². The molecule has 1 aromatic carbocycles. The maximum Gasteiger partial charge on any atom is 0.294 e. The third kappa shape index (κ3) is 5.38. The Hall–Kier alpha value is -2.81. The SMILES string of the molecule is CC1CCN(C(=O)CN2C(=O)S/C(=C\c3ccc(OCC(N)=O)cc3)C2=O)CC1. The number of rotatable bonds is 6. The predicted molar refractivity (Wildman–Crippen MR) is 109 cm³/mol. The quantitative estimate of drug-likeness (QED) is 0.708. The molecule has 2 fully saturated rings. The van der Waals surface area contributed by atoms with E-state index in [1.54, 1.807) is 35.2 Å². The summed E-state index contributed by atoms with van der Waals surface area (Å²) in [5.74, 6) is -0.178. The lowest BCUT2D eigenvalue weighted by molar-refractivity contribution is -0.136. The van der Waals surface area contributed by atoms with Crippen LogP contribution in [-0.2, 0) is 14.4 Å². The Morgan fingerprint density at radius 2 is 1.86 bits per heavy atom. The summed E-state index contributed by atoms with van der Waals surface area (Å²) in [6.07, 6.45) is 3.47. The van der Waals surface area contributed by atoms with E-state index in [0.29, 0.717) is 30.3 Å². The van der Waals surface area contributed by atoms with Crippen molar-refractivity contribution in [1.82, 2.24) is 9.80 Å². The van der Waals surface area contributed by atoms with Crippen LogP contribution in [0.25, 0.3) is 6.08 Å². The number of primary amides is 1. The van der Waals surface area contributed by atoms with Gasteiger partial charge in [-0.25, -0.2) is 0 Å². The van der Waals surface area contributed by atoms with Crippen LogP contribution in [0.4, 0.5) is 4.79 Å². The van der Waals surface area contributed by atoms with Crippen molar-refractivity contribution < 1.29 is 23.9 Å². The standard InChI is InChI=1S/C20H23N3O5S/c1-13-6-8-22(9-7-13)18(25)11-23-19(26)16(29-20(23)27)10-14-2-4-15(5-3-14)28-12-17(21)24/h2-5,10,13H,6-9,11-12H2,1H3,(H2,21,24)/b16-10-. The Bertz CT molecular complexity index is 844. The van der Waals surface area contributed by atoms with Crippen LogP contribution in [0.3, 0.4) is 0 Å². The molecular weight excluding hydrogens is 394 g/mol. The summed E-state index contributed by atoms with van der Waals surface area (Å²) in [6, 6.07) is 6.68. The summed E-state index contributed by atoms with van der Waals surface area (Å²) in [7, 11) is 0. The second-order valence-electron chi connectivity index (χ2n) is 7.16. The van der Waals surface area contributed by atoms with Crippen molar-refractivity contribution in [3.05, 3.63) is 34.7 Å². The Morgan fingerprint density at radius 1 is 1.21 bits per heavy atom. The number of ether oxygens (including phenoxy) is 1. The Balaban J connectivity index is 1.62. The molecule has 8 nitrogen and oxygen atoms in total. The fraction of sp³-hybridized carbons (Fsp3) is 0.400. The van der Waals surface area contributed by atoms with E-state index in [2.05, 4.69) is 6.92 Å². The summed E-state index contributed by atoms with van der Waals surface area (Å²) in [6.45, 7) is 3.03. The summed E-state index contributed by atoms with van der Waals surface area (Å²) in [5.41, 5.74) is 5.72. The van der Waals surface area contributed by atoms with Gasteiger partial charge in [-0.15, -0.1) is 0 Å². The monoisotopic (exact) mass is 417 g/mol. The Labute approximate surface area is 173 Å². The molecule has 3 rings (SSSR count). The average Bonchev–Trinajstić information content (AvgIpc) is 2.95. The van der Waals surface area contributed by atoms with Gasteiger partial charge in [0.05, 0.1) is 4.91 Å². The molecule has 0 unspecified atom stereocenters. The topological polar surface area (TPSA) is 110 Å². The molecule has 0 aliphatic carbocycles. The average molecular weight is 417 g/mol. The van der Waals surface area contributed by atoms with Gasteiger partial charge in [-0.05, 0) is 54.3 Å². The van der Waals surface area contributed by atoms with Gasteiger partial charge in [0.15, 0.2) is 6.61 Å². The highest BCUT2D eigenvalue weighted by atomic mass is 32.2. The number of hydrogen-bond donors (Lipinski definition) is 1. The van der Waals surface area contributed by atoms with E-state index in [0.717, 1.165) is 29.5 Å². The van der Waals surface area contributed by atoms with Crippen LogP contribution in [-0.4, -0.2) is 59.0 Å². The van der Waals surface area contributed by atoms with Crippen LogP contribution in [0.5, 0.6) is 5.75 Å². The molecule has 9 heteroatoms. The first-order valence-electron chi connectivity index (χ1n) is 9.38. The normalized spacial score (nSPS) is 19.1. The van der Waals surface area contributed by atoms with Gasteiger partial charge in [-0.3, -0.25) is 24.1 Å². The van der Waals surface area contributed by atoms with Gasteiger partial charge < -0.3 is 15.4 Å². The molecule has 2 aliphatic rings. The minimum Gasteiger partial charge on any atom is -0.484 e. The van der Waals surface area contributed by atoms with Gasteiger partial charge in [0.2, 0.25) is 5.91 Å². The third-order valence-electron chi connectivity index (χ3n) is 4.86. The molecular formula is C20H23N3O5S. The van der Waals surface area contributed by atoms with Gasteiger partial charge in [0.1, 0.15) is 12.3 Å². The van der Waals surface area contributed by atoms with Crippen molar-refractivity contribution in [3.8, 4) is 5.75 Å². The Kier molecular flexibility index (Phi) is 6.58. The van der Waals surface area contributed by atoms with Crippen LogP contribution in [0.1, 0.15) is 25.3 Å². The minimum atomic E-state index is -0.573. The number of imide groups is 1. The summed E-state index contributed by atoms with van der Waals surface area (Å²) >= 11 is 0.819. The van der Waals surface area contributed by atoms with Crippen LogP contribution >= 0.6 is 11.8 Å². The lowest BCUT2D eigenvalue weighted by Crippen LogP contribution is -2.45. The number of carbonyl (C=O) groups excluding carboxylic acids is 4. The number of hydrogen-bond acceptors (Lipinski definition) is 6. The molecule has 0 bridgehead atoms. The zero-order valence-electron chi connectivity index (χ0n) is 16.1. The fourth-order valence-corrected chi connectivity index (χ4v) is 3.93. The van der Waals surface area contributed by atoms with Crippen molar-refractivity contribution in [2.24, 2.45) is 11.7 Å². The van der Waals surface area contributed by atoms with Crippen molar-refractivity contribution in [2.45, 2.75) is 19.8 Å². The number of amides is 4. The number of piperidine rings is 1. The molecule has 1 aromatic rings. The van der Waals surface area contributed by atoms with Gasteiger partial charge >= 0.3 is 0 Å². The largest absolute Gasteiger partial charge is 0.484 e. The number of nitrogens with zero attached hydrogens (tertiary/aromatic N) is 2. The molecule has 4 amide bonds. The van der Waals surface area contributed by atoms with Crippen LogP contribution in [0.15, 0.2) is 29.2 Å². The fourth-order valence-electron chi connectivity index (χ4n) is 3.10. The first kappa shape index (κ1) is 20.9. The van der Waals surface area contributed by atoms with E-state index in [-0.39, 0.29) is 24.0 Å². The number of carbonyl (C=O) groups is 4.